The van der Waals surface area contributed by atoms with Crippen molar-refractivity contribution in [2.75, 3.05) is 26.5 Å². The molecule has 0 saturated heterocycles. The SMILES string of the molecule is COc1ccccc1NC(=O)NC(CC(=O)N(C)C)c1ccccc1. The van der Waals surface area contributed by atoms with Crippen molar-refractivity contribution in [1.29, 1.82) is 0 Å². The van der Waals surface area contributed by atoms with E-state index in [0.29, 0.717) is 11.4 Å². The molecule has 0 radical (unpaired) electrons. The molecule has 0 fully saturated rings. The maximum absolute atomic E-state index is 12.4. The highest BCUT2D eigenvalue weighted by Crippen LogP contribution is 2.23. The second kappa shape index (κ2) is 8.73. The van der Waals surface area contributed by atoms with Crippen LogP contribution in [0.4, 0.5) is 10.5 Å². The summed E-state index contributed by atoms with van der Waals surface area (Å²) >= 11 is 0. The lowest BCUT2D eigenvalue weighted by atomic mass is 10.0. The van der Waals surface area contributed by atoms with Crippen LogP contribution in [0.15, 0.2) is 54.6 Å². The number of hydrogen-bond donors (Lipinski definition) is 2. The highest BCUT2D eigenvalue weighted by atomic mass is 16.5. The van der Waals surface area contributed by atoms with E-state index in [2.05, 4.69) is 10.6 Å². The summed E-state index contributed by atoms with van der Waals surface area (Å²) in [5.74, 6) is 0.504. The van der Waals surface area contributed by atoms with Gasteiger partial charge in [-0.2, -0.15) is 0 Å². The monoisotopic (exact) mass is 341 g/mol. The van der Waals surface area contributed by atoms with Crippen LogP contribution in [0.25, 0.3) is 0 Å². The van der Waals surface area contributed by atoms with E-state index in [1.54, 1.807) is 33.3 Å². The highest BCUT2D eigenvalue weighted by Gasteiger charge is 2.20. The van der Waals surface area contributed by atoms with Gasteiger partial charge in [0.1, 0.15) is 5.75 Å². The topological polar surface area (TPSA) is 70.7 Å². The molecule has 0 aliphatic rings. The van der Waals surface area contributed by atoms with Gasteiger partial charge in [0, 0.05) is 14.1 Å². The van der Waals surface area contributed by atoms with Crippen molar-refractivity contribution in [3.8, 4) is 5.75 Å². The largest absolute Gasteiger partial charge is 0.495 e. The first-order valence-corrected chi connectivity index (χ1v) is 7.97. The number of anilines is 1. The van der Waals surface area contributed by atoms with Gasteiger partial charge >= 0.3 is 6.03 Å². The molecule has 25 heavy (non-hydrogen) atoms. The molecule has 6 heteroatoms. The summed E-state index contributed by atoms with van der Waals surface area (Å²) in [5.41, 5.74) is 1.43. The van der Waals surface area contributed by atoms with Crippen LogP contribution in [0, 0.1) is 0 Å². The van der Waals surface area contributed by atoms with Gasteiger partial charge in [0.25, 0.3) is 0 Å². The second-order valence-electron chi connectivity index (χ2n) is 5.75. The highest BCUT2D eigenvalue weighted by molar-refractivity contribution is 5.91. The molecule has 2 aromatic carbocycles. The lowest BCUT2D eigenvalue weighted by Gasteiger charge is -2.21. The molecule has 1 atom stereocenters. The molecular weight excluding hydrogens is 318 g/mol. The summed E-state index contributed by atoms with van der Waals surface area (Å²) in [6.07, 6.45) is 0.177. The molecule has 0 aromatic heterocycles. The number of carbonyl (C=O) groups excluding carboxylic acids is 2. The Morgan fingerprint density at radius 3 is 2.32 bits per heavy atom. The number of amides is 3. The van der Waals surface area contributed by atoms with Crippen molar-refractivity contribution in [2.45, 2.75) is 12.5 Å². The summed E-state index contributed by atoms with van der Waals surface area (Å²) in [4.78, 5) is 26.0. The molecule has 2 rings (SSSR count). The number of nitrogens with one attached hydrogen (secondary N) is 2. The summed E-state index contributed by atoms with van der Waals surface area (Å²) < 4.78 is 5.23. The summed E-state index contributed by atoms with van der Waals surface area (Å²) in [6, 6.07) is 15.7. The van der Waals surface area contributed by atoms with Crippen molar-refractivity contribution >= 4 is 17.6 Å². The zero-order chi connectivity index (χ0) is 18.2. The predicted octanol–water partition coefficient (Wildman–Crippen LogP) is 3.04. The molecule has 0 aliphatic heterocycles. The fourth-order valence-corrected chi connectivity index (χ4v) is 2.36. The van der Waals surface area contributed by atoms with Crippen LogP contribution in [0.5, 0.6) is 5.75 Å². The zero-order valence-electron chi connectivity index (χ0n) is 14.7. The maximum atomic E-state index is 12.4. The van der Waals surface area contributed by atoms with Gasteiger partial charge in [-0.3, -0.25) is 4.79 Å². The van der Waals surface area contributed by atoms with Gasteiger partial charge in [0.2, 0.25) is 5.91 Å². The van der Waals surface area contributed by atoms with Crippen LogP contribution in [-0.2, 0) is 4.79 Å². The molecule has 0 aliphatic carbocycles. The van der Waals surface area contributed by atoms with Crippen molar-refractivity contribution in [3.63, 3.8) is 0 Å². The smallest absolute Gasteiger partial charge is 0.319 e. The molecular formula is C19H23N3O3. The van der Waals surface area contributed by atoms with E-state index in [-0.39, 0.29) is 12.3 Å². The first-order chi connectivity index (χ1) is 12.0. The molecule has 6 nitrogen and oxygen atoms in total. The van der Waals surface area contributed by atoms with Gasteiger partial charge in [-0.05, 0) is 17.7 Å². The number of nitrogens with zero attached hydrogens (tertiary/aromatic N) is 1. The van der Waals surface area contributed by atoms with Crippen LogP contribution < -0.4 is 15.4 Å². The fraction of sp³-hybridized carbons (Fsp3) is 0.263. The third kappa shape index (κ3) is 5.24. The van der Waals surface area contributed by atoms with E-state index in [9.17, 15) is 9.59 Å². The molecule has 0 heterocycles. The van der Waals surface area contributed by atoms with E-state index in [0.717, 1.165) is 5.56 Å². The Balaban J connectivity index is 2.12. The van der Waals surface area contributed by atoms with E-state index in [1.165, 1.54) is 4.90 Å². The molecule has 0 saturated carbocycles. The van der Waals surface area contributed by atoms with Gasteiger partial charge in [0.15, 0.2) is 0 Å². The number of carbonyl (C=O) groups is 2. The lowest BCUT2D eigenvalue weighted by molar-refractivity contribution is -0.129. The Labute approximate surface area is 147 Å². The van der Waals surface area contributed by atoms with Crippen molar-refractivity contribution < 1.29 is 14.3 Å². The Morgan fingerprint density at radius 2 is 1.68 bits per heavy atom. The third-order valence-corrected chi connectivity index (χ3v) is 3.74. The lowest BCUT2D eigenvalue weighted by Crippen LogP contribution is -2.36. The van der Waals surface area contributed by atoms with Crippen LogP contribution in [0.2, 0.25) is 0 Å². The van der Waals surface area contributed by atoms with Crippen LogP contribution in [-0.4, -0.2) is 38.0 Å². The maximum Gasteiger partial charge on any atom is 0.319 e. The van der Waals surface area contributed by atoms with E-state index >= 15 is 0 Å². The third-order valence-electron chi connectivity index (χ3n) is 3.74. The predicted molar refractivity (Wildman–Crippen MR) is 97.6 cm³/mol. The number of ether oxygens (including phenoxy) is 1. The Kier molecular flexibility index (Phi) is 6.39. The average Bonchev–Trinajstić information content (AvgIpc) is 2.62. The van der Waals surface area contributed by atoms with Crippen LogP contribution in [0.1, 0.15) is 18.0 Å². The van der Waals surface area contributed by atoms with Crippen LogP contribution >= 0.6 is 0 Å². The van der Waals surface area contributed by atoms with E-state index in [1.807, 2.05) is 42.5 Å². The quantitative estimate of drug-likeness (QED) is 0.848. The van der Waals surface area contributed by atoms with Gasteiger partial charge in [-0.15, -0.1) is 0 Å². The summed E-state index contributed by atoms with van der Waals surface area (Å²) in [6.45, 7) is 0. The molecule has 2 aromatic rings. The minimum absolute atomic E-state index is 0.0635. The number of methoxy groups -OCH3 is 1. The molecule has 3 amide bonds. The minimum atomic E-state index is -0.425. The van der Waals surface area contributed by atoms with Gasteiger partial charge < -0.3 is 20.3 Å². The van der Waals surface area contributed by atoms with Crippen LogP contribution in [0.3, 0.4) is 0 Å². The molecule has 2 N–H and O–H groups in total. The summed E-state index contributed by atoms with van der Waals surface area (Å²) in [7, 11) is 4.93. The van der Waals surface area contributed by atoms with Crippen molar-refractivity contribution in [3.05, 3.63) is 60.2 Å². The van der Waals surface area contributed by atoms with Gasteiger partial charge in [0.05, 0.1) is 25.3 Å². The Hall–Kier alpha value is -3.02. The first kappa shape index (κ1) is 18.3. The molecule has 132 valence electrons. The zero-order valence-corrected chi connectivity index (χ0v) is 14.7. The summed E-state index contributed by atoms with van der Waals surface area (Å²) in [5, 5.41) is 5.63. The van der Waals surface area contributed by atoms with E-state index in [4.69, 9.17) is 4.74 Å². The number of urea groups is 1. The standard InChI is InChI=1S/C19H23N3O3/c1-22(2)18(23)13-16(14-9-5-4-6-10-14)21-19(24)20-15-11-7-8-12-17(15)25-3/h4-12,16H,13H2,1-3H3,(H2,20,21,24). The normalized spacial score (nSPS) is 11.3. The van der Waals surface area contributed by atoms with Crippen molar-refractivity contribution in [1.82, 2.24) is 10.2 Å². The number of para-hydroxylation sites is 2. The average molecular weight is 341 g/mol. The first-order valence-electron chi connectivity index (χ1n) is 7.97. The molecule has 0 spiro atoms. The molecule has 1 unspecified atom stereocenters. The Morgan fingerprint density at radius 1 is 1.04 bits per heavy atom. The number of hydrogen-bond acceptors (Lipinski definition) is 3. The minimum Gasteiger partial charge on any atom is -0.495 e. The van der Waals surface area contributed by atoms with E-state index < -0.39 is 12.1 Å². The van der Waals surface area contributed by atoms with Crippen molar-refractivity contribution in [2.24, 2.45) is 0 Å². The number of benzene rings is 2. The van der Waals surface area contributed by atoms with Gasteiger partial charge in [-0.1, -0.05) is 42.5 Å². The van der Waals surface area contributed by atoms with Gasteiger partial charge in [-0.25, -0.2) is 4.79 Å². The molecule has 0 bridgehead atoms. The second-order valence-corrected chi connectivity index (χ2v) is 5.75. The fourth-order valence-electron chi connectivity index (χ4n) is 2.36. The Bertz CT molecular complexity index is 717. The number of rotatable bonds is 6.